The van der Waals surface area contributed by atoms with Crippen LogP contribution in [0.2, 0.25) is 0 Å². The molecule has 1 unspecified atom stereocenters. The molecule has 4 nitrogen and oxygen atoms in total. The Balaban J connectivity index is 1.98. The van der Waals surface area contributed by atoms with Crippen molar-refractivity contribution in [2.75, 3.05) is 13.2 Å². The van der Waals surface area contributed by atoms with E-state index in [1.807, 2.05) is 25.1 Å². The van der Waals surface area contributed by atoms with Gasteiger partial charge >= 0.3 is 6.09 Å². The van der Waals surface area contributed by atoms with Crippen LogP contribution >= 0.6 is 0 Å². The standard InChI is InChI=1S/C11H13NO3/c1-9-12(7-8-14-9)11(13)15-10-5-3-2-4-6-10/h2-6,9H,7-8H2,1H3. The van der Waals surface area contributed by atoms with E-state index in [0.717, 1.165) is 0 Å². The first kappa shape index (κ1) is 9.98. The van der Waals surface area contributed by atoms with E-state index in [1.165, 1.54) is 0 Å². The number of carbonyl (C=O) groups excluding carboxylic acids is 1. The van der Waals surface area contributed by atoms with Crippen molar-refractivity contribution in [3.05, 3.63) is 30.3 Å². The molecule has 0 aromatic heterocycles. The molecule has 0 N–H and O–H groups in total. The molecule has 15 heavy (non-hydrogen) atoms. The van der Waals surface area contributed by atoms with E-state index in [9.17, 15) is 4.79 Å². The first-order chi connectivity index (χ1) is 7.27. The minimum atomic E-state index is -0.355. The van der Waals surface area contributed by atoms with Gasteiger partial charge in [-0.1, -0.05) is 18.2 Å². The van der Waals surface area contributed by atoms with Crippen molar-refractivity contribution in [1.29, 1.82) is 0 Å². The molecule has 1 saturated heterocycles. The summed E-state index contributed by atoms with van der Waals surface area (Å²) in [5, 5.41) is 0. The first-order valence-corrected chi connectivity index (χ1v) is 4.92. The fourth-order valence-corrected chi connectivity index (χ4v) is 1.48. The lowest BCUT2D eigenvalue weighted by molar-refractivity contribution is 0.0524. The molecule has 1 aliphatic rings. The number of benzene rings is 1. The quantitative estimate of drug-likeness (QED) is 0.705. The monoisotopic (exact) mass is 207 g/mol. The van der Waals surface area contributed by atoms with Crippen LogP contribution in [0.5, 0.6) is 5.75 Å². The van der Waals surface area contributed by atoms with Gasteiger partial charge in [-0.3, -0.25) is 4.90 Å². The molecule has 0 bridgehead atoms. The molecule has 0 aliphatic carbocycles. The molecule has 1 amide bonds. The van der Waals surface area contributed by atoms with E-state index < -0.39 is 0 Å². The molecule has 0 spiro atoms. The molecule has 1 aliphatic heterocycles. The summed E-state index contributed by atoms with van der Waals surface area (Å²) in [5.41, 5.74) is 0. The zero-order valence-corrected chi connectivity index (χ0v) is 8.55. The second-order valence-corrected chi connectivity index (χ2v) is 3.34. The van der Waals surface area contributed by atoms with Gasteiger partial charge in [-0.25, -0.2) is 4.79 Å². The molecule has 1 aromatic carbocycles. The Morgan fingerprint density at radius 1 is 1.47 bits per heavy atom. The van der Waals surface area contributed by atoms with Gasteiger partial charge in [0.25, 0.3) is 0 Å². The van der Waals surface area contributed by atoms with Crippen LogP contribution < -0.4 is 4.74 Å². The average molecular weight is 207 g/mol. The number of rotatable bonds is 1. The smallest absolute Gasteiger partial charge is 0.410 e. The SMILES string of the molecule is CC1OCCN1C(=O)Oc1ccccc1. The van der Waals surface area contributed by atoms with Gasteiger partial charge in [-0.2, -0.15) is 0 Å². The lowest BCUT2D eigenvalue weighted by Crippen LogP contribution is -2.36. The highest BCUT2D eigenvalue weighted by Crippen LogP contribution is 2.14. The maximum Gasteiger partial charge on any atom is 0.417 e. The summed E-state index contributed by atoms with van der Waals surface area (Å²) in [6.07, 6.45) is -0.549. The van der Waals surface area contributed by atoms with Crippen molar-refractivity contribution in [3.8, 4) is 5.75 Å². The van der Waals surface area contributed by atoms with Crippen molar-refractivity contribution in [2.24, 2.45) is 0 Å². The van der Waals surface area contributed by atoms with E-state index >= 15 is 0 Å². The average Bonchev–Trinajstić information content (AvgIpc) is 2.66. The Morgan fingerprint density at radius 2 is 2.20 bits per heavy atom. The van der Waals surface area contributed by atoms with E-state index in [-0.39, 0.29) is 12.3 Å². The van der Waals surface area contributed by atoms with Crippen molar-refractivity contribution in [1.82, 2.24) is 4.90 Å². The molecule has 1 aromatic rings. The van der Waals surface area contributed by atoms with Gasteiger partial charge in [0.05, 0.1) is 13.2 Å². The van der Waals surface area contributed by atoms with Gasteiger partial charge in [0, 0.05) is 0 Å². The van der Waals surface area contributed by atoms with E-state index in [2.05, 4.69) is 0 Å². The second kappa shape index (κ2) is 4.31. The van der Waals surface area contributed by atoms with Crippen LogP contribution in [-0.4, -0.2) is 30.4 Å². The minimum absolute atomic E-state index is 0.193. The van der Waals surface area contributed by atoms with Gasteiger partial charge < -0.3 is 9.47 Å². The third kappa shape index (κ3) is 2.27. The van der Waals surface area contributed by atoms with Crippen molar-refractivity contribution in [2.45, 2.75) is 13.2 Å². The summed E-state index contributed by atoms with van der Waals surface area (Å²) in [6, 6.07) is 9.02. The third-order valence-corrected chi connectivity index (χ3v) is 2.31. The van der Waals surface area contributed by atoms with Gasteiger partial charge in [0.1, 0.15) is 12.0 Å². The fraction of sp³-hybridized carbons (Fsp3) is 0.364. The summed E-state index contributed by atoms with van der Waals surface area (Å²) in [4.78, 5) is 13.2. The zero-order chi connectivity index (χ0) is 10.7. The van der Waals surface area contributed by atoms with E-state index in [1.54, 1.807) is 17.0 Å². The largest absolute Gasteiger partial charge is 0.417 e. The van der Waals surface area contributed by atoms with Crippen LogP contribution in [0, 0.1) is 0 Å². The lowest BCUT2D eigenvalue weighted by Gasteiger charge is -2.18. The number of amides is 1. The van der Waals surface area contributed by atoms with Crippen LogP contribution in [-0.2, 0) is 4.74 Å². The number of para-hydroxylation sites is 1. The van der Waals surface area contributed by atoms with E-state index in [0.29, 0.717) is 18.9 Å². The Labute approximate surface area is 88.4 Å². The molecule has 80 valence electrons. The minimum Gasteiger partial charge on any atom is -0.410 e. The molecule has 4 heteroatoms. The van der Waals surface area contributed by atoms with Crippen LogP contribution in [0.3, 0.4) is 0 Å². The van der Waals surface area contributed by atoms with Crippen LogP contribution in [0.1, 0.15) is 6.92 Å². The molecule has 1 fully saturated rings. The van der Waals surface area contributed by atoms with Crippen LogP contribution in [0.4, 0.5) is 4.79 Å². The highest BCUT2D eigenvalue weighted by atomic mass is 16.6. The van der Waals surface area contributed by atoms with Crippen LogP contribution in [0.25, 0.3) is 0 Å². The topological polar surface area (TPSA) is 38.8 Å². The molecule has 2 rings (SSSR count). The normalized spacial score (nSPS) is 20.3. The summed E-state index contributed by atoms with van der Waals surface area (Å²) in [5.74, 6) is 0.557. The van der Waals surface area contributed by atoms with Crippen LogP contribution in [0.15, 0.2) is 30.3 Å². The summed E-state index contributed by atoms with van der Waals surface area (Å²) in [7, 11) is 0. The molecule has 1 atom stereocenters. The maximum absolute atomic E-state index is 11.6. The van der Waals surface area contributed by atoms with Crippen molar-refractivity contribution in [3.63, 3.8) is 0 Å². The van der Waals surface area contributed by atoms with Crippen molar-refractivity contribution >= 4 is 6.09 Å². The predicted molar refractivity (Wildman–Crippen MR) is 54.6 cm³/mol. The number of hydrogen-bond donors (Lipinski definition) is 0. The zero-order valence-electron chi connectivity index (χ0n) is 8.55. The summed E-state index contributed by atoms with van der Waals surface area (Å²) >= 11 is 0. The maximum atomic E-state index is 11.6. The molecule has 1 heterocycles. The van der Waals surface area contributed by atoms with Gasteiger partial charge in [0.15, 0.2) is 0 Å². The molecular formula is C11H13NO3. The number of nitrogens with zero attached hydrogens (tertiary/aromatic N) is 1. The number of hydrogen-bond acceptors (Lipinski definition) is 3. The summed E-state index contributed by atoms with van der Waals surface area (Å²) < 4.78 is 10.4. The van der Waals surface area contributed by atoms with Gasteiger partial charge in [0.2, 0.25) is 0 Å². The Kier molecular flexibility index (Phi) is 2.87. The first-order valence-electron chi connectivity index (χ1n) is 4.92. The highest BCUT2D eigenvalue weighted by Gasteiger charge is 2.27. The fourth-order valence-electron chi connectivity index (χ4n) is 1.48. The Hall–Kier alpha value is -1.55. The third-order valence-electron chi connectivity index (χ3n) is 2.31. The lowest BCUT2D eigenvalue weighted by atomic mass is 10.3. The Bertz CT molecular complexity index is 339. The Morgan fingerprint density at radius 3 is 2.80 bits per heavy atom. The van der Waals surface area contributed by atoms with Crippen molar-refractivity contribution < 1.29 is 14.3 Å². The molecule has 0 saturated carbocycles. The van der Waals surface area contributed by atoms with Gasteiger partial charge in [-0.05, 0) is 19.1 Å². The molecule has 0 radical (unpaired) electrons. The number of ether oxygens (including phenoxy) is 2. The summed E-state index contributed by atoms with van der Waals surface area (Å²) in [6.45, 7) is 3.00. The predicted octanol–water partition coefficient (Wildman–Crippen LogP) is 1.86. The van der Waals surface area contributed by atoms with E-state index in [4.69, 9.17) is 9.47 Å². The molecular weight excluding hydrogens is 194 g/mol. The second-order valence-electron chi connectivity index (χ2n) is 3.34. The number of carbonyl (C=O) groups is 1. The highest BCUT2D eigenvalue weighted by molar-refractivity contribution is 5.71. The van der Waals surface area contributed by atoms with Gasteiger partial charge in [-0.15, -0.1) is 0 Å².